The molecule has 1 saturated heterocycles. The maximum atomic E-state index is 12.4. The lowest BCUT2D eigenvalue weighted by molar-refractivity contribution is -0.141. The van der Waals surface area contributed by atoms with E-state index in [-0.39, 0.29) is 18.3 Å². The molecular formula is C13H15F3N2O3. The van der Waals surface area contributed by atoms with Crippen molar-refractivity contribution in [3.8, 4) is 0 Å². The number of likely N-dealkylation sites (tertiary alicyclic amines) is 1. The Morgan fingerprint density at radius 1 is 1.52 bits per heavy atom. The Hall–Kier alpha value is -1.67. The van der Waals surface area contributed by atoms with Crippen molar-refractivity contribution < 1.29 is 27.8 Å². The first-order valence-electron chi connectivity index (χ1n) is 6.34. The summed E-state index contributed by atoms with van der Waals surface area (Å²) in [5, 5.41) is 9.28. The van der Waals surface area contributed by atoms with Gasteiger partial charge < -0.3 is 14.7 Å². The fraction of sp³-hybridized carbons (Fsp3) is 0.538. The number of ether oxygens (including phenoxy) is 1. The third-order valence-electron chi connectivity index (χ3n) is 3.48. The third kappa shape index (κ3) is 3.33. The van der Waals surface area contributed by atoms with Crippen LogP contribution in [0.3, 0.4) is 0 Å². The number of carbonyl (C=O) groups is 1. The number of rotatable bonds is 3. The first-order chi connectivity index (χ1) is 9.86. The van der Waals surface area contributed by atoms with Crippen molar-refractivity contribution in [1.29, 1.82) is 0 Å². The van der Waals surface area contributed by atoms with Crippen molar-refractivity contribution in [3.63, 3.8) is 0 Å². The van der Waals surface area contributed by atoms with Crippen molar-refractivity contribution in [3.05, 3.63) is 29.6 Å². The second-order valence-electron chi connectivity index (χ2n) is 4.82. The molecule has 1 aliphatic heterocycles. The van der Waals surface area contributed by atoms with Gasteiger partial charge in [0.15, 0.2) is 0 Å². The maximum absolute atomic E-state index is 12.4. The van der Waals surface area contributed by atoms with E-state index in [4.69, 9.17) is 4.74 Å². The van der Waals surface area contributed by atoms with Crippen molar-refractivity contribution in [2.24, 2.45) is 0 Å². The van der Waals surface area contributed by atoms with Gasteiger partial charge in [0, 0.05) is 19.9 Å². The smallest absolute Gasteiger partial charge is 0.394 e. The quantitative estimate of drug-likeness (QED) is 0.915. The first kappa shape index (κ1) is 15.7. The van der Waals surface area contributed by atoms with Crippen LogP contribution in [-0.2, 0) is 10.9 Å². The van der Waals surface area contributed by atoms with Crippen LogP contribution in [0, 0.1) is 0 Å². The highest BCUT2D eigenvalue weighted by Gasteiger charge is 2.36. The largest absolute Gasteiger partial charge is 0.433 e. The van der Waals surface area contributed by atoms with Crippen LogP contribution in [0.1, 0.15) is 22.5 Å². The molecule has 116 valence electrons. The van der Waals surface area contributed by atoms with Gasteiger partial charge in [-0.1, -0.05) is 0 Å². The van der Waals surface area contributed by atoms with Gasteiger partial charge in [0.2, 0.25) is 0 Å². The van der Waals surface area contributed by atoms with Gasteiger partial charge in [0.1, 0.15) is 5.69 Å². The molecule has 0 bridgehead atoms. The standard InChI is InChI=1S/C13H15F3N2O3/c1-21-10-4-9(7-19)18(6-10)12(20)8-2-3-11(17-5-8)13(14,15)16/h2-3,5,9-10,19H,4,6-7H2,1H3/t9-,10+/m0/s1. The zero-order valence-corrected chi connectivity index (χ0v) is 11.3. The molecule has 0 aliphatic carbocycles. The molecule has 1 aromatic rings. The van der Waals surface area contributed by atoms with Crippen LogP contribution in [0.25, 0.3) is 0 Å². The highest BCUT2D eigenvalue weighted by Crippen LogP contribution is 2.28. The number of carbonyl (C=O) groups excluding carboxylic acids is 1. The second-order valence-corrected chi connectivity index (χ2v) is 4.82. The normalized spacial score (nSPS) is 22.6. The number of aromatic nitrogens is 1. The SMILES string of the molecule is CO[C@@H]1C[C@@H](CO)N(C(=O)c2ccc(C(F)(F)F)nc2)C1. The van der Waals surface area contributed by atoms with Crippen molar-refractivity contribution in [2.45, 2.75) is 24.7 Å². The van der Waals surface area contributed by atoms with Gasteiger partial charge in [0.25, 0.3) is 5.91 Å². The number of alkyl halides is 3. The minimum Gasteiger partial charge on any atom is -0.394 e. The molecule has 0 saturated carbocycles. The molecule has 0 unspecified atom stereocenters. The zero-order chi connectivity index (χ0) is 15.6. The molecule has 0 radical (unpaired) electrons. The average molecular weight is 304 g/mol. The molecule has 1 N–H and O–H groups in total. The zero-order valence-electron chi connectivity index (χ0n) is 11.3. The number of nitrogens with zero attached hydrogens (tertiary/aromatic N) is 2. The number of methoxy groups -OCH3 is 1. The molecule has 1 aromatic heterocycles. The van der Waals surface area contributed by atoms with Gasteiger partial charge in [-0.15, -0.1) is 0 Å². The summed E-state index contributed by atoms with van der Waals surface area (Å²) in [5.74, 6) is -0.463. The third-order valence-corrected chi connectivity index (χ3v) is 3.48. The Morgan fingerprint density at radius 2 is 2.24 bits per heavy atom. The van der Waals surface area contributed by atoms with E-state index in [0.717, 1.165) is 18.3 Å². The van der Waals surface area contributed by atoms with E-state index in [2.05, 4.69) is 4.98 Å². The van der Waals surface area contributed by atoms with Crippen LogP contribution in [0.15, 0.2) is 18.3 Å². The van der Waals surface area contributed by atoms with Gasteiger partial charge in [-0.3, -0.25) is 9.78 Å². The van der Waals surface area contributed by atoms with Gasteiger partial charge >= 0.3 is 6.18 Å². The average Bonchev–Trinajstić information content (AvgIpc) is 2.89. The Morgan fingerprint density at radius 3 is 2.71 bits per heavy atom. The Kier molecular flexibility index (Phi) is 4.48. The van der Waals surface area contributed by atoms with Gasteiger partial charge in [0.05, 0.1) is 24.3 Å². The highest BCUT2D eigenvalue weighted by atomic mass is 19.4. The van der Waals surface area contributed by atoms with E-state index >= 15 is 0 Å². The molecule has 2 atom stereocenters. The molecule has 8 heteroatoms. The van der Waals surface area contributed by atoms with Crippen LogP contribution < -0.4 is 0 Å². The number of hydrogen-bond donors (Lipinski definition) is 1. The summed E-state index contributed by atoms with van der Waals surface area (Å²) in [6.07, 6.45) is -3.33. The minimum absolute atomic E-state index is 0.0539. The molecule has 1 aliphatic rings. The molecule has 5 nitrogen and oxygen atoms in total. The molecule has 0 spiro atoms. The summed E-state index contributed by atoms with van der Waals surface area (Å²) >= 11 is 0. The molecule has 2 heterocycles. The molecule has 1 fully saturated rings. The van der Waals surface area contributed by atoms with Gasteiger partial charge in [-0.2, -0.15) is 13.2 Å². The summed E-state index contributed by atoms with van der Waals surface area (Å²) < 4.78 is 42.4. The van der Waals surface area contributed by atoms with Crippen LogP contribution in [0.2, 0.25) is 0 Å². The van der Waals surface area contributed by atoms with E-state index in [1.165, 1.54) is 12.0 Å². The summed E-state index contributed by atoms with van der Waals surface area (Å²) in [7, 11) is 1.51. The maximum Gasteiger partial charge on any atom is 0.433 e. The van der Waals surface area contributed by atoms with Crippen LogP contribution in [0.4, 0.5) is 13.2 Å². The predicted octanol–water partition coefficient (Wildman–Crippen LogP) is 1.32. The summed E-state index contributed by atoms with van der Waals surface area (Å²) in [4.78, 5) is 16.9. The fourth-order valence-electron chi connectivity index (χ4n) is 2.32. The number of aliphatic hydroxyl groups is 1. The lowest BCUT2D eigenvalue weighted by Gasteiger charge is -2.22. The van der Waals surface area contributed by atoms with Gasteiger partial charge in [-0.25, -0.2) is 0 Å². The summed E-state index contributed by atoms with van der Waals surface area (Å²) in [6.45, 7) is 0.0707. The van der Waals surface area contributed by atoms with E-state index in [1.54, 1.807) is 0 Å². The molecular weight excluding hydrogens is 289 g/mol. The fourth-order valence-corrected chi connectivity index (χ4v) is 2.32. The minimum atomic E-state index is -4.54. The van der Waals surface area contributed by atoms with Crippen LogP contribution in [0.5, 0.6) is 0 Å². The van der Waals surface area contributed by atoms with E-state index < -0.39 is 23.8 Å². The Labute approximate surface area is 119 Å². The number of pyridine rings is 1. The molecule has 0 aromatic carbocycles. The summed E-state index contributed by atoms with van der Waals surface area (Å²) in [5.41, 5.74) is -0.993. The van der Waals surface area contributed by atoms with E-state index in [1.807, 2.05) is 0 Å². The number of aliphatic hydroxyl groups excluding tert-OH is 1. The lowest BCUT2D eigenvalue weighted by atomic mass is 10.2. The Bertz CT molecular complexity index is 504. The van der Waals surface area contributed by atoms with Crippen molar-refractivity contribution >= 4 is 5.91 Å². The van der Waals surface area contributed by atoms with Crippen molar-refractivity contribution in [1.82, 2.24) is 9.88 Å². The Balaban J connectivity index is 2.16. The molecule has 1 amide bonds. The first-order valence-corrected chi connectivity index (χ1v) is 6.34. The highest BCUT2D eigenvalue weighted by molar-refractivity contribution is 5.94. The topological polar surface area (TPSA) is 62.7 Å². The van der Waals surface area contributed by atoms with Crippen LogP contribution >= 0.6 is 0 Å². The predicted molar refractivity (Wildman–Crippen MR) is 66.6 cm³/mol. The number of halogens is 3. The van der Waals surface area contributed by atoms with Crippen molar-refractivity contribution in [2.75, 3.05) is 20.3 Å². The molecule has 21 heavy (non-hydrogen) atoms. The van der Waals surface area contributed by atoms with Crippen LogP contribution in [-0.4, -0.2) is 53.3 Å². The number of amides is 1. The number of hydrogen-bond acceptors (Lipinski definition) is 4. The lowest BCUT2D eigenvalue weighted by Crippen LogP contribution is -2.38. The molecule has 2 rings (SSSR count). The monoisotopic (exact) mass is 304 g/mol. The second kappa shape index (κ2) is 5.98. The van der Waals surface area contributed by atoms with E-state index in [9.17, 15) is 23.1 Å². The van der Waals surface area contributed by atoms with Gasteiger partial charge in [-0.05, 0) is 18.6 Å². The summed E-state index contributed by atoms with van der Waals surface area (Å²) in [6, 6.07) is 1.46. The van der Waals surface area contributed by atoms with E-state index in [0.29, 0.717) is 13.0 Å².